The maximum Gasteiger partial charge on any atom is 1.00 e. The van der Waals surface area contributed by atoms with Crippen LogP contribution in [-0.2, 0) is 19.6 Å². The third-order valence-electron chi connectivity index (χ3n) is 2.21. The first kappa shape index (κ1) is 32.1. The summed E-state index contributed by atoms with van der Waals surface area (Å²) in [6, 6.07) is 0. The molecule has 0 aromatic heterocycles. The van der Waals surface area contributed by atoms with Crippen molar-refractivity contribution in [3.63, 3.8) is 0 Å². The summed E-state index contributed by atoms with van der Waals surface area (Å²) in [6.45, 7) is 5.34. The van der Waals surface area contributed by atoms with Gasteiger partial charge in [0.15, 0.2) is 0 Å². The van der Waals surface area contributed by atoms with Crippen LogP contribution in [0.5, 0.6) is 0 Å². The van der Waals surface area contributed by atoms with Crippen LogP contribution in [0, 0.1) is 5.41 Å². The molecule has 0 spiro atoms. The van der Waals surface area contributed by atoms with Crippen LogP contribution in [0.1, 0.15) is 55.9 Å². The number of carbonyl (C=O) groups excluding carboxylic acids is 1. The molecule has 0 radical (unpaired) electrons. The normalized spacial score (nSPS) is 9.89. The van der Waals surface area contributed by atoms with Gasteiger partial charge in [0.25, 0.3) is 0 Å². The van der Waals surface area contributed by atoms with E-state index in [2.05, 4.69) is 0 Å². The van der Waals surface area contributed by atoms with E-state index in [0.29, 0.717) is 6.42 Å². The first-order valence-electron chi connectivity index (χ1n) is 4.80. The van der Waals surface area contributed by atoms with Crippen LogP contribution in [0.4, 0.5) is 0 Å². The van der Waals surface area contributed by atoms with Gasteiger partial charge in [0, 0.05) is 5.75 Å². The third-order valence-corrected chi connectivity index (χ3v) is 3.00. The zero-order valence-electron chi connectivity index (χ0n) is 10.3. The molecule has 5 nitrogen and oxygen atoms in total. The van der Waals surface area contributed by atoms with Crippen molar-refractivity contribution < 1.29 is 73.9 Å². The van der Waals surface area contributed by atoms with Crippen LogP contribution in [0.25, 0.3) is 0 Å². The van der Waals surface area contributed by atoms with Gasteiger partial charge in [0.05, 0.1) is 22.1 Å². The Kier molecular flexibility index (Phi) is 23.6. The summed E-state index contributed by atoms with van der Waals surface area (Å²) in [5.74, 6) is -0.861. The standard InChI is InChI=1S/C9H18O5S.3CH4.K/c1-4-9(2,3)8(10)14-6-5-7-15(11,12)13;;;;/h4-7H2,1-3H3,(H,11,12,13);3*1H4;/q;;;;+1/p-1. The molecule has 0 fully saturated rings. The van der Waals surface area contributed by atoms with Gasteiger partial charge in [-0.2, -0.15) is 0 Å². The average molecular weight is 325 g/mol. The molecule has 7 heteroatoms. The Morgan fingerprint density at radius 2 is 1.63 bits per heavy atom. The Bertz CT molecular complexity index is 312. The molecule has 0 aromatic rings. The molecule has 0 bridgehead atoms. The molecule has 0 heterocycles. The van der Waals surface area contributed by atoms with Gasteiger partial charge in [-0.15, -0.1) is 0 Å². The van der Waals surface area contributed by atoms with Gasteiger partial charge < -0.3 is 9.29 Å². The molecular formula is C12H29KO5S. The molecule has 19 heavy (non-hydrogen) atoms. The van der Waals surface area contributed by atoms with Crippen LogP contribution >= 0.6 is 0 Å². The van der Waals surface area contributed by atoms with Gasteiger partial charge in [0.2, 0.25) is 0 Å². The largest absolute Gasteiger partial charge is 1.00 e. The zero-order valence-corrected chi connectivity index (χ0v) is 14.2. The number of esters is 1. The van der Waals surface area contributed by atoms with Crippen LogP contribution in [0.15, 0.2) is 0 Å². The molecule has 0 aliphatic carbocycles. The molecule has 0 aliphatic rings. The van der Waals surface area contributed by atoms with E-state index in [1.165, 1.54) is 0 Å². The van der Waals surface area contributed by atoms with Crippen molar-refractivity contribution in [1.82, 2.24) is 0 Å². The van der Waals surface area contributed by atoms with E-state index < -0.39 is 21.3 Å². The van der Waals surface area contributed by atoms with Gasteiger partial charge in [-0.3, -0.25) is 4.79 Å². The van der Waals surface area contributed by atoms with E-state index in [9.17, 15) is 17.8 Å². The first-order valence-corrected chi connectivity index (χ1v) is 6.37. The van der Waals surface area contributed by atoms with E-state index in [1.54, 1.807) is 13.8 Å². The fraction of sp³-hybridized carbons (Fsp3) is 0.917. The molecule has 0 aromatic carbocycles. The Balaban J connectivity index is -0.000000163. The number of carbonyl (C=O) groups is 1. The fourth-order valence-corrected chi connectivity index (χ4v) is 1.21. The average Bonchev–Trinajstić information content (AvgIpc) is 2.10. The fourth-order valence-electron chi connectivity index (χ4n) is 0.740. The second-order valence-corrected chi connectivity index (χ2v) is 5.51. The van der Waals surface area contributed by atoms with E-state index in [4.69, 9.17) is 4.74 Å². The van der Waals surface area contributed by atoms with E-state index in [1.807, 2.05) is 6.92 Å². The SMILES string of the molecule is C.C.C.CCC(C)(C)C(=O)OCCCS(=O)(=O)[O-].[K+]. The maximum atomic E-state index is 11.4. The predicted octanol–water partition coefficient (Wildman–Crippen LogP) is -0.187. The minimum absolute atomic E-state index is 0. The second kappa shape index (κ2) is 14.0. The smallest absolute Gasteiger partial charge is 0.748 e. The third kappa shape index (κ3) is 17.0. The molecule has 0 saturated heterocycles. The summed E-state index contributed by atoms with van der Waals surface area (Å²) in [5.41, 5.74) is -0.559. The first-order chi connectivity index (χ1) is 6.69. The van der Waals surface area contributed by atoms with Crippen molar-refractivity contribution in [2.24, 2.45) is 5.41 Å². The zero-order chi connectivity index (χ0) is 12.1. The van der Waals surface area contributed by atoms with Crippen LogP contribution in [0.3, 0.4) is 0 Å². The van der Waals surface area contributed by atoms with Crippen molar-refractivity contribution in [1.29, 1.82) is 0 Å². The molecule has 0 amide bonds. The van der Waals surface area contributed by atoms with Crippen molar-refractivity contribution >= 4 is 16.1 Å². The van der Waals surface area contributed by atoms with Crippen molar-refractivity contribution in [3.05, 3.63) is 0 Å². The monoisotopic (exact) mass is 324 g/mol. The predicted molar refractivity (Wildman–Crippen MR) is 74.4 cm³/mol. The van der Waals surface area contributed by atoms with E-state index >= 15 is 0 Å². The summed E-state index contributed by atoms with van der Waals surface area (Å²) < 4.78 is 35.5. The quantitative estimate of drug-likeness (QED) is 0.293. The molecule has 114 valence electrons. The topological polar surface area (TPSA) is 83.5 Å². The Labute approximate surface area is 162 Å². The number of rotatable bonds is 6. The van der Waals surface area contributed by atoms with Crippen molar-refractivity contribution in [2.45, 2.75) is 55.9 Å². The Morgan fingerprint density at radius 3 is 1.95 bits per heavy atom. The Morgan fingerprint density at radius 1 is 1.21 bits per heavy atom. The molecule has 0 atom stereocenters. The summed E-state index contributed by atoms with van der Waals surface area (Å²) in [5, 5.41) is 0. The molecule has 0 aliphatic heterocycles. The molecule has 0 N–H and O–H groups in total. The second-order valence-electron chi connectivity index (χ2n) is 3.99. The van der Waals surface area contributed by atoms with Crippen LogP contribution < -0.4 is 51.4 Å². The maximum absolute atomic E-state index is 11.4. The molecule has 0 rings (SSSR count). The minimum atomic E-state index is -4.20. The molecule has 0 unspecified atom stereocenters. The number of hydrogen-bond acceptors (Lipinski definition) is 5. The van der Waals surface area contributed by atoms with Crippen LogP contribution in [0.2, 0.25) is 0 Å². The summed E-state index contributed by atoms with van der Waals surface area (Å²) >= 11 is 0. The van der Waals surface area contributed by atoms with Gasteiger partial charge in [0.1, 0.15) is 0 Å². The summed E-state index contributed by atoms with van der Waals surface area (Å²) in [7, 11) is -4.20. The number of ether oxygens (including phenoxy) is 1. The summed E-state index contributed by atoms with van der Waals surface area (Å²) in [4.78, 5) is 11.4. The van der Waals surface area contributed by atoms with Crippen LogP contribution in [-0.4, -0.2) is 31.3 Å². The van der Waals surface area contributed by atoms with Gasteiger partial charge in [-0.1, -0.05) is 29.2 Å². The van der Waals surface area contributed by atoms with Gasteiger partial charge in [-0.05, 0) is 26.7 Å². The van der Waals surface area contributed by atoms with Gasteiger partial charge >= 0.3 is 57.4 Å². The van der Waals surface area contributed by atoms with Crippen molar-refractivity contribution in [3.8, 4) is 0 Å². The van der Waals surface area contributed by atoms with E-state index in [-0.39, 0.29) is 92.7 Å². The van der Waals surface area contributed by atoms with Gasteiger partial charge in [-0.25, -0.2) is 8.42 Å². The minimum Gasteiger partial charge on any atom is -0.748 e. The summed E-state index contributed by atoms with van der Waals surface area (Å²) in [6.07, 6.45) is 0.697. The van der Waals surface area contributed by atoms with E-state index in [0.717, 1.165) is 0 Å². The number of hydrogen-bond donors (Lipinski definition) is 0. The van der Waals surface area contributed by atoms with Crippen molar-refractivity contribution in [2.75, 3.05) is 12.4 Å². The molecule has 0 saturated carbocycles. The Hall–Kier alpha value is 1.02. The molecular weight excluding hydrogens is 295 g/mol.